The molecule has 1 saturated heterocycles. The van der Waals surface area contributed by atoms with Crippen LogP contribution >= 0.6 is 0 Å². The number of hydrogen-bond donors (Lipinski definition) is 1. The number of piperidine rings is 1. The van der Waals surface area contributed by atoms with Crippen molar-refractivity contribution in [2.24, 2.45) is 0 Å². The van der Waals surface area contributed by atoms with Gasteiger partial charge in [-0.15, -0.1) is 0 Å². The third kappa shape index (κ3) is 4.91. The Labute approximate surface area is 154 Å². The van der Waals surface area contributed by atoms with Crippen LogP contribution in [0.25, 0.3) is 0 Å². The smallest absolute Gasteiger partial charge is 0.241 e. The van der Waals surface area contributed by atoms with Crippen molar-refractivity contribution >= 4 is 11.8 Å². The van der Waals surface area contributed by atoms with Crippen LogP contribution in [0.4, 0.5) is 0 Å². The molecule has 0 aliphatic carbocycles. The van der Waals surface area contributed by atoms with E-state index >= 15 is 0 Å². The van der Waals surface area contributed by atoms with Crippen LogP contribution in [-0.4, -0.2) is 41.3 Å². The highest BCUT2D eigenvalue weighted by Crippen LogP contribution is 2.21. The van der Waals surface area contributed by atoms with Crippen LogP contribution in [0.1, 0.15) is 36.3 Å². The highest BCUT2D eigenvalue weighted by molar-refractivity contribution is 5.88. The number of aromatic nitrogens is 1. The number of rotatable bonds is 6. The van der Waals surface area contributed by atoms with Gasteiger partial charge in [0.2, 0.25) is 11.8 Å². The van der Waals surface area contributed by atoms with Gasteiger partial charge in [0.05, 0.1) is 12.5 Å². The number of likely N-dealkylation sites (tertiary alicyclic amines) is 1. The first kappa shape index (κ1) is 18.1. The minimum Gasteiger partial charge on any atom is -0.346 e. The number of nitrogens with one attached hydrogen (secondary N) is 1. The first-order chi connectivity index (χ1) is 12.7. The van der Waals surface area contributed by atoms with Crippen molar-refractivity contribution in [3.63, 3.8) is 0 Å². The third-order valence-corrected chi connectivity index (χ3v) is 4.80. The molecular formula is C21H25N3O2. The van der Waals surface area contributed by atoms with E-state index in [4.69, 9.17) is 0 Å². The van der Waals surface area contributed by atoms with Gasteiger partial charge in [-0.1, -0.05) is 36.4 Å². The molecule has 1 aromatic heterocycles. The van der Waals surface area contributed by atoms with Gasteiger partial charge in [-0.2, -0.15) is 0 Å². The van der Waals surface area contributed by atoms with Gasteiger partial charge in [-0.3, -0.25) is 14.6 Å². The first-order valence-electron chi connectivity index (χ1n) is 9.23. The van der Waals surface area contributed by atoms with Gasteiger partial charge in [0.25, 0.3) is 0 Å². The van der Waals surface area contributed by atoms with Crippen molar-refractivity contribution in [1.82, 2.24) is 15.2 Å². The first-order valence-corrected chi connectivity index (χ1v) is 9.23. The van der Waals surface area contributed by atoms with Gasteiger partial charge >= 0.3 is 0 Å². The van der Waals surface area contributed by atoms with E-state index in [1.807, 2.05) is 47.4 Å². The van der Waals surface area contributed by atoms with E-state index in [2.05, 4.69) is 10.3 Å². The molecule has 5 nitrogen and oxygen atoms in total. The van der Waals surface area contributed by atoms with E-state index in [9.17, 15) is 9.59 Å². The van der Waals surface area contributed by atoms with Crippen molar-refractivity contribution in [3.05, 3.63) is 66.0 Å². The standard InChI is InChI=1S/C21H25N3O2/c25-20(24-12-5-2-6-13-24)16-23-21(26)19(18-9-3-1-4-10-18)14-17-8-7-11-22-15-17/h1,3-4,7-11,15,19H,2,5-6,12-14,16H2,(H,23,26). The summed E-state index contributed by atoms with van der Waals surface area (Å²) in [6.45, 7) is 1.66. The Hall–Kier alpha value is -2.69. The molecule has 1 N–H and O–H groups in total. The topological polar surface area (TPSA) is 62.3 Å². The van der Waals surface area contributed by atoms with Crippen LogP contribution in [0.5, 0.6) is 0 Å². The molecule has 26 heavy (non-hydrogen) atoms. The SMILES string of the molecule is O=C(NCC(=O)N1CCCCC1)C(Cc1cccnc1)c1ccccc1. The summed E-state index contributed by atoms with van der Waals surface area (Å²) in [5.74, 6) is -0.453. The summed E-state index contributed by atoms with van der Waals surface area (Å²) >= 11 is 0. The molecule has 2 aromatic rings. The fraction of sp³-hybridized carbons (Fsp3) is 0.381. The molecule has 1 atom stereocenters. The maximum atomic E-state index is 12.8. The lowest BCUT2D eigenvalue weighted by molar-refractivity contribution is -0.133. The van der Waals surface area contributed by atoms with Crippen LogP contribution in [0.3, 0.4) is 0 Å². The second-order valence-electron chi connectivity index (χ2n) is 6.69. The zero-order valence-electron chi connectivity index (χ0n) is 14.9. The van der Waals surface area contributed by atoms with E-state index in [0.717, 1.165) is 37.1 Å². The zero-order valence-corrected chi connectivity index (χ0v) is 14.9. The monoisotopic (exact) mass is 351 g/mol. The Morgan fingerprint density at radius 2 is 1.81 bits per heavy atom. The van der Waals surface area contributed by atoms with Crippen molar-refractivity contribution in [2.45, 2.75) is 31.6 Å². The summed E-state index contributed by atoms with van der Waals surface area (Å²) < 4.78 is 0. The molecule has 5 heteroatoms. The highest BCUT2D eigenvalue weighted by atomic mass is 16.2. The normalized spacial score (nSPS) is 15.3. The Morgan fingerprint density at radius 1 is 1.04 bits per heavy atom. The molecule has 1 unspecified atom stereocenters. The molecule has 0 bridgehead atoms. The number of carbonyl (C=O) groups is 2. The van der Waals surface area contributed by atoms with E-state index in [1.165, 1.54) is 6.42 Å². The predicted molar refractivity (Wildman–Crippen MR) is 101 cm³/mol. The third-order valence-electron chi connectivity index (χ3n) is 4.80. The van der Waals surface area contributed by atoms with Gasteiger partial charge in [0, 0.05) is 25.5 Å². The maximum Gasteiger partial charge on any atom is 0.241 e. The highest BCUT2D eigenvalue weighted by Gasteiger charge is 2.23. The summed E-state index contributed by atoms with van der Waals surface area (Å²) in [6, 6.07) is 13.5. The Balaban J connectivity index is 1.65. The molecule has 1 aromatic carbocycles. The average molecular weight is 351 g/mol. The molecule has 136 valence electrons. The number of amides is 2. The fourth-order valence-corrected chi connectivity index (χ4v) is 3.34. The van der Waals surface area contributed by atoms with E-state index in [0.29, 0.717) is 6.42 Å². The van der Waals surface area contributed by atoms with Crippen LogP contribution < -0.4 is 5.32 Å². The summed E-state index contributed by atoms with van der Waals surface area (Å²) in [4.78, 5) is 31.1. The van der Waals surface area contributed by atoms with Crippen LogP contribution in [0.2, 0.25) is 0 Å². The molecule has 1 aliphatic rings. The number of benzene rings is 1. The van der Waals surface area contributed by atoms with Crippen LogP contribution in [-0.2, 0) is 16.0 Å². The maximum absolute atomic E-state index is 12.8. The Morgan fingerprint density at radius 3 is 2.50 bits per heavy atom. The minimum absolute atomic E-state index is 0.00578. The van der Waals surface area contributed by atoms with Crippen molar-refractivity contribution in [2.75, 3.05) is 19.6 Å². The van der Waals surface area contributed by atoms with E-state index < -0.39 is 0 Å². The fourth-order valence-electron chi connectivity index (χ4n) is 3.34. The second-order valence-corrected chi connectivity index (χ2v) is 6.69. The lowest BCUT2D eigenvalue weighted by Gasteiger charge is -2.27. The van der Waals surface area contributed by atoms with Gasteiger partial charge in [0.15, 0.2) is 0 Å². The van der Waals surface area contributed by atoms with Gasteiger partial charge in [0.1, 0.15) is 0 Å². The van der Waals surface area contributed by atoms with Crippen LogP contribution in [0, 0.1) is 0 Å². The van der Waals surface area contributed by atoms with E-state index in [1.54, 1.807) is 12.4 Å². The number of nitrogens with zero attached hydrogens (tertiary/aromatic N) is 2. The minimum atomic E-state index is -0.338. The lowest BCUT2D eigenvalue weighted by Crippen LogP contribution is -2.43. The van der Waals surface area contributed by atoms with E-state index in [-0.39, 0.29) is 24.3 Å². The molecule has 3 rings (SSSR count). The molecule has 1 fully saturated rings. The predicted octanol–water partition coefficient (Wildman–Crippen LogP) is 2.54. The number of pyridine rings is 1. The zero-order chi connectivity index (χ0) is 18.2. The van der Waals surface area contributed by atoms with Crippen LogP contribution in [0.15, 0.2) is 54.9 Å². The number of hydrogen-bond acceptors (Lipinski definition) is 3. The quantitative estimate of drug-likeness (QED) is 0.870. The number of carbonyl (C=O) groups excluding carboxylic acids is 2. The van der Waals surface area contributed by atoms with Gasteiger partial charge < -0.3 is 10.2 Å². The Kier molecular flexibility index (Phi) is 6.36. The lowest BCUT2D eigenvalue weighted by atomic mass is 9.92. The second kappa shape index (κ2) is 9.13. The Bertz CT molecular complexity index is 713. The summed E-state index contributed by atoms with van der Waals surface area (Å²) in [5.41, 5.74) is 1.94. The summed E-state index contributed by atoms with van der Waals surface area (Å²) in [6.07, 6.45) is 7.33. The largest absolute Gasteiger partial charge is 0.346 e. The molecule has 1 aliphatic heterocycles. The van der Waals surface area contributed by atoms with Gasteiger partial charge in [-0.05, 0) is 42.9 Å². The summed E-state index contributed by atoms with van der Waals surface area (Å²) in [5, 5.41) is 2.85. The molecule has 2 heterocycles. The molecule has 2 amide bonds. The summed E-state index contributed by atoms with van der Waals surface area (Å²) in [7, 11) is 0. The van der Waals surface area contributed by atoms with Crippen molar-refractivity contribution in [1.29, 1.82) is 0 Å². The van der Waals surface area contributed by atoms with Crippen molar-refractivity contribution < 1.29 is 9.59 Å². The van der Waals surface area contributed by atoms with Crippen molar-refractivity contribution in [3.8, 4) is 0 Å². The molecular weight excluding hydrogens is 326 g/mol. The molecule has 0 spiro atoms. The van der Waals surface area contributed by atoms with Gasteiger partial charge in [-0.25, -0.2) is 0 Å². The average Bonchev–Trinajstić information content (AvgIpc) is 2.72. The molecule has 0 saturated carbocycles. The molecule has 0 radical (unpaired) electrons.